The molecular formula is C14H29ClN2O. The number of nitrogens with zero attached hydrogens (tertiary/aromatic N) is 1. The van der Waals surface area contributed by atoms with Crippen LogP contribution in [-0.4, -0.2) is 37.5 Å². The summed E-state index contributed by atoms with van der Waals surface area (Å²) in [6.07, 6.45) is 6.57. The van der Waals surface area contributed by atoms with Gasteiger partial charge in [-0.25, -0.2) is 0 Å². The van der Waals surface area contributed by atoms with E-state index in [1.165, 1.54) is 25.7 Å². The molecule has 1 aliphatic rings. The molecule has 0 radical (unpaired) electrons. The lowest BCUT2D eigenvalue weighted by Gasteiger charge is -2.40. The summed E-state index contributed by atoms with van der Waals surface area (Å²) in [5.74, 6) is 0.349. The zero-order valence-electron chi connectivity index (χ0n) is 12.1. The molecule has 0 saturated carbocycles. The van der Waals surface area contributed by atoms with Crippen LogP contribution in [-0.2, 0) is 4.79 Å². The summed E-state index contributed by atoms with van der Waals surface area (Å²) in [6, 6.07) is 0. The number of nitrogens with one attached hydrogen (secondary N) is 1. The highest BCUT2D eigenvalue weighted by molar-refractivity contribution is 5.85. The van der Waals surface area contributed by atoms with E-state index in [0.29, 0.717) is 17.7 Å². The van der Waals surface area contributed by atoms with Gasteiger partial charge >= 0.3 is 0 Å². The zero-order chi connectivity index (χ0) is 12.7. The van der Waals surface area contributed by atoms with Crippen LogP contribution in [0.5, 0.6) is 0 Å². The van der Waals surface area contributed by atoms with Crippen LogP contribution in [0.25, 0.3) is 0 Å². The molecule has 1 unspecified atom stereocenters. The van der Waals surface area contributed by atoms with Crippen molar-refractivity contribution in [2.75, 3.05) is 26.7 Å². The van der Waals surface area contributed by atoms with Gasteiger partial charge in [0.2, 0.25) is 5.91 Å². The SMILES string of the molecule is CCCC1(C)CCCN(C(=O)CCCNC)C1.Cl. The molecule has 0 aromatic heterocycles. The molecule has 0 bridgehead atoms. The van der Waals surface area contributed by atoms with E-state index >= 15 is 0 Å². The maximum absolute atomic E-state index is 12.1. The van der Waals surface area contributed by atoms with Crippen LogP contribution in [0.15, 0.2) is 0 Å². The van der Waals surface area contributed by atoms with Crippen LogP contribution in [0.4, 0.5) is 0 Å². The number of halogens is 1. The van der Waals surface area contributed by atoms with Gasteiger partial charge in [0.1, 0.15) is 0 Å². The number of rotatable bonds is 6. The number of hydrogen-bond donors (Lipinski definition) is 1. The lowest BCUT2D eigenvalue weighted by Crippen LogP contribution is -2.44. The molecule has 1 amide bonds. The van der Waals surface area contributed by atoms with Gasteiger partial charge in [0, 0.05) is 19.5 Å². The molecular weight excluding hydrogens is 248 g/mol. The third kappa shape index (κ3) is 5.57. The van der Waals surface area contributed by atoms with Gasteiger partial charge in [-0.05, 0) is 44.7 Å². The normalized spacial score (nSPS) is 23.6. The first-order valence-electron chi connectivity index (χ1n) is 7.04. The van der Waals surface area contributed by atoms with Gasteiger partial charge in [-0.15, -0.1) is 12.4 Å². The fraction of sp³-hybridized carbons (Fsp3) is 0.929. The third-order valence-electron chi connectivity index (χ3n) is 3.80. The van der Waals surface area contributed by atoms with Crippen molar-refractivity contribution < 1.29 is 4.79 Å². The fourth-order valence-corrected chi connectivity index (χ4v) is 2.91. The van der Waals surface area contributed by atoms with Crippen molar-refractivity contribution in [2.24, 2.45) is 5.41 Å². The maximum Gasteiger partial charge on any atom is 0.222 e. The van der Waals surface area contributed by atoms with Crippen LogP contribution in [0.1, 0.15) is 52.4 Å². The van der Waals surface area contributed by atoms with Crippen molar-refractivity contribution >= 4 is 18.3 Å². The minimum absolute atomic E-state index is 0. The van der Waals surface area contributed by atoms with Crippen molar-refractivity contribution in [1.29, 1.82) is 0 Å². The van der Waals surface area contributed by atoms with Crippen molar-refractivity contribution in [1.82, 2.24) is 10.2 Å². The summed E-state index contributed by atoms with van der Waals surface area (Å²) in [5.41, 5.74) is 0.367. The largest absolute Gasteiger partial charge is 0.342 e. The summed E-state index contributed by atoms with van der Waals surface area (Å²) in [6.45, 7) is 7.45. The molecule has 0 spiro atoms. The quantitative estimate of drug-likeness (QED) is 0.757. The lowest BCUT2D eigenvalue weighted by atomic mass is 9.78. The van der Waals surface area contributed by atoms with E-state index in [2.05, 4.69) is 24.1 Å². The molecule has 1 heterocycles. The molecule has 1 rings (SSSR count). The Morgan fingerprint density at radius 3 is 2.78 bits per heavy atom. The van der Waals surface area contributed by atoms with Crippen LogP contribution in [0, 0.1) is 5.41 Å². The molecule has 1 N–H and O–H groups in total. The van der Waals surface area contributed by atoms with E-state index in [4.69, 9.17) is 0 Å². The molecule has 1 atom stereocenters. The highest BCUT2D eigenvalue weighted by Gasteiger charge is 2.31. The Kier molecular flexibility index (Phi) is 8.62. The van der Waals surface area contributed by atoms with Gasteiger partial charge in [-0.1, -0.05) is 20.3 Å². The van der Waals surface area contributed by atoms with Crippen LogP contribution in [0.2, 0.25) is 0 Å². The average molecular weight is 277 g/mol. The van der Waals surface area contributed by atoms with Gasteiger partial charge in [-0.2, -0.15) is 0 Å². The molecule has 18 heavy (non-hydrogen) atoms. The topological polar surface area (TPSA) is 32.3 Å². The number of hydrogen-bond acceptors (Lipinski definition) is 2. The number of carbonyl (C=O) groups is 1. The Morgan fingerprint density at radius 1 is 1.44 bits per heavy atom. The Labute approximate surface area is 118 Å². The number of likely N-dealkylation sites (tertiary alicyclic amines) is 1. The predicted molar refractivity (Wildman–Crippen MR) is 79.2 cm³/mol. The smallest absolute Gasteiger partial charge is 0.222 e. The van der Waals surface area contributed by atoms with E-state index in [1.807, 2.05) is 7.05 Å². The molecule has 1 saturated heterocycles. The number of amides is 1. The first-order valence-corrected chi connectivity index (χ1v) is 7.04. The summed E-state index contributed by atoms with van der Waals surface area (Å²) in [7, 11) is 1.93. The summed E-state index contributed by atoms with van der Waals surface area (Å²) >= 11 is 0. The first kappa shape index (κ1) is 17.7. The van der Waals surface area contributed by atoms with E-state index in [-0.39, 0.29) is 12.4 Å². The monoisotopic (exact) mass is 276 g/mol. The minimum atomic E-state index is 0. The Balaban J connectivity index is 0.00000289. The van der Waals surface area contributed by atoms with Crippen molar-refractivity contribution in [3.8, 4) is 0 Å². The zero-order valence-corrected chi connectivity index (χ0v) is 12.9. The molecule has 0 aromatic rings. The second kappa shape index (κ2) is 8.76. The number of carbonyl (C=O) groups excluding carboxylic acids is 1. The van der Waals surface area contributed by atoms with Crippen LogP contribution in [0.3, 0.4) is 0 Å². The van der Waals surface area contributed by atoms with Gasteiger partial charge in [0.25, 0.3) is 0 Å². The maximum atomic E-state index is 12.1. The Hall–Kier alpha value is -0.280. The van der Waals surface area contributed by atoms with E-state index in [0.717, 1.165) is 26.1 Å². The fourth-order valence-electron chi connectivity index (χ4n) is 2.91. The molecule has 1 aliphatic heterocycles. The van der Waals surface area contributed by atoms with Gasteiger partial charge < -0.3 is 10.2 Å². The second-order valence-corrected chi connectivity index (χ2v) is 5.69. The lowest BCUT2D eigenvalue weighted by molar-refractivity contribution is -0.134. The molecule has 0 aliphatic carbocycles. The van der Waals surface area contributed by atoms with Crippen LogP contribution >= 0.6 is 12.4 Å². The minimum Gasteiger partial charge on any atom is -0.342 e. The standard InChI is InChI=1S/C14H28N2O.ClH/c1-4-8-14(2)9-6-11-16(12-14)13(17)7-5-10-15-3;/h15H,4-12H2,1-3H3;1H. The first-order chi connectivity index (χ1) is 8.11. The predicted octanol–water partition coefficient (Wildman–Crippen LogP) is 2.84. The second-order valence-electron chi connectivity index (χ2n) is 5.69. The Morgan fingerprint density at radius 2 is 2.17 bits per heavy atom. The average Bonchev–Trinajstić information content (AvgIpc) is 2.29. The summed E-state index contributed by atoms with van der Waals surface area (Å²) < 4.78 is 0. The van der Waals surface area contributed by atoms with Crippen molar-refractivity contribution in [3.63, 3.8) is 0 Å². The third-order valence-corrected chi connectivity index (χ3v) is 3.80. The molecule has 1 fully saturated rings. The van der Waals surface area contributed by atoms with Crippen molar-refractivity contribution in [2.45, 2.75) is 52.4 Å². The van der Waals surface area contributed by atoms with Gasteiger partial charge in [-0.3, -0.25) is 4.79 Å². The van der Waals surface area contributed by atoms with E-state index in [9.17, 15) is 4.79 Å². The summed E-state index contributed by atoms with van der Waals surface area (Å²) in [4.78, 5) is 14.2. The van der Waals surface area contributed by atoms with E-state index < -0.39 is 0 Å². The van der Waals surface area contributed by atoms with Gasteiger partial charge in [0.05, 0.1) is 0 Å². The molecule has 0 aromatic carbocycles. The molecule has 108 valence electrons. The van der Waals surface area contributed by atoms with Crippen LogP contribution < -0.4 is 5.32 Å². The highest BCUT2D eigenvalue weighted by Crippen LogP contribution is 2.34. The Bertz CT molecular complexity index is 244. The molecule has 4 heteroatoms. The molecule has 3 nitrogen and oxygen atoms in total. The number of piperidine rings is 1. The van der Waals surface area contributed by atoms with Crippen molar-refractivity contribution in [3.05, 3.63) is 0 Å². The summed E-state index contributed by atoms with van der Waals surface area (Å²) in [5, 5.41) is 3.09. The highest BCUT2D eigenvalue weighted by atomic mass is 35.5. The van der Waals surface area contributed by atoms with Gasteiger partial charge in [0.15, 0.2) is 0 Å². The van der Waals surface area contributed by atoms with E-state index in [1.54, 1.807) is 0 Å².